The molecule has 8 heteroatoms. The lowest BCUT2D eigenvalue weighted by molar-refractivity contribution is -0.127. The Kier molecular flexibility index (Phi) is 4.81. The fourth-order valence-electron chi connectivity index (χ4n) is 3.03. The van der Waals surface area contributed by atoms with E-state index in [0.717, 1.165) is 34.4 Å². The number of carbonyl (C=O) groups excluding carboxylic acids is 1. The molecule has 0 aliphatic heterocycles. The number of benzene rings is 1. The van der Waals surface area contributed by atoms with Crippen LogP contribution in [0.3, 0.4) is 0 Å². The molecule has 27 heavy (non-hydrogen) atoms. The normalized spacial score (nSPS) is 11.3. The summed E-state index contributed by atoms with van der Waals surface area (Å²) in [5, 5.41) is 10.1. The van der Waals surface area contributed by atoms with Crippen molar-refractivity contribution >= 4 is 39.7 Å². The number of rotatable bonds is 6. The lowest BCUT2D eigenvalue weighted by atomic mass is 10.2. The number of aromatic nitrogens is 4. The zero-order valence-corrected chi connectivity index (χ0v) is 15.9. The van der Waals surface area contributed by atoms with Crippen molar-refractivity contribution in [3.63, 3.8) is 0 Å². The summed E-state index contributed by atoms with van der Waals surface area (Å²) in [5.74, 6) is 0.982. The standard InChI is InChI=1S/C19H19N5O2S/c1-3-24-15-9-5-4-8-14(15)17-18(24)20-19(22-21-17)27-12-16(25)23(2)11-13-7-6-10-26-13/h4-10H,3,11-12H2,1-2H3. The van der Waals surface area contributed by atoms with E-state index in [-0.39, 0.29) is 11.7 Å². The van der Waals surface area contributed by atoms with Crippen LogP contribution in [0.15, 0.2) is 52.2 Å². The molecule has 0 unspecified atom stereocenters. The monoisotopic (exact) mass is 381 g/mol. The van der Waals surface area contributed by atoms with Gasteiger partial charge in [-0.3, -0.25) is 4.79 Å². The van der Waals surface area contributed by atoms with Gasteiger partial charge in [0, 0.05) is 19.0 Å². The van der Waals surface area contributed by atoms with E-state index in [0.29, 0.717) is 11.7 Å². The van der Waals surface area contributed by atoms with Gasteiger partial charge < -0.3 is 13.9 Å². The molecule has 0 spiro atoms. The Hall–Kier alpha value is -2.87. The molecule has 0 bridgehead atoms. The second kappa shape index (κ2) is 7.40. The van der Waals surface area contributed by atoms with Gasteiger partial charge in [0.1, 0.15) is 11.3 Å². The zero-order valence-electron chi connectivity index (χ0n) is 15.1. The molecule has 0 N–H and O–H groups in total. The van der Waals surface area contributed by atoms with E-state index in [1.54, 1.807) is 18.2 Å². The van der Waals surface area contributed by atoms with Crippen LogP contribution in [-0.4, -0.2) is 43.4 Å². The first-order valence-corrected chi connectivity index (χ1v) is 9.66. The van der Waals surface area contributed by atoms with Crippen molar-refractivity contribution in [2.75, 3.05) is 12.8 Å². The predicted molar refractivity (Wildman–Crippen MR) is 104 cm³/mol. The molecule has 0 saturated heterocycles. The first-order valence-electron chi connectivity index (χ1n) is 8.68. The largest absolute Gasteiger partial charge is 0.467 e. The molecule has 3 heterocycles. The average Bonchev–Trinajstić information content (AvgIpc) is 3.31. The molecule has 7 nitrogen and oxygen atoms in total. The Morgan fingerprint density at radius 3 is 2.85 bits per heavy atom. The molecule has 3 aromatic heterocycles. The van der Waals surface area contributed by atoms with Crippen molar-refractivity contribution in [1.82, 2.24) is 24.6 Å². The van der Waals surface area contributed by atoms with Crippen LogP contribution in [0, 0.1) is 0 Å². The highest BCUT2D eigenvalue weighted by Crippen LogP contribution is 2.27. The average molecular weight is 381 g/mol. The highest BCUT2D eigenvalue weighted by atomic mass is 32.2. The Labute approximate surface area is 160 Å². The molecule has 0 radical (unpaired) electrons. The van der Waals surface area contributed by atoms with Crippen molar-refractivity contribution in [2.24, 2.45) is 0 Å². The van der Waals surface area contributed by atoms with Crippen LogP contribution in [0.1, 0.15) is 12.7 Å². The summed E-state index contributed by atoms with van der Waals surface area (Å²) in [4.78, 5) is 18.6. The second-order valence-electron chi connectivity index (χ2n) is 6.15. The Bertz CT molecular complexity index is 1090. The van der Waals surface area contributed by atoms with Crippen LogP contribution in [0.25, 0.3) is 22.1 Å². The minimum atomic E-state index is -0.0175. The molecule has 138 valence electrons. The number of hydrogen-bond donors (Lipinski definition) is 0. The number of aryl methyl sites for hydroxylation is 1. The van der Waals surface area contributed by atoms with Gasteiger partial charge in [-0.2, -0.15) is 0 Å². The minimum Gasteiger partial charge on any atom is -0.467 e. The van der Waals surface area contributed by atoms with Gasteiger partial charge >= 0.3 is 0 Å². The van der Waals surface area contributed by atoms with Gasteiger partial charge in [-0.1, -0.05) is 30.0 Å². The van der Waals surface area contributed by atoms with Gasteiger partial charge in [0.25, 0.3) is 0 Å². The molecule has 0 atom stereocenters. The Morgan fingerprint density at radius 2 is 2.07 bits per heavy atom. The fourth-order valence-corrected chi connectivity index (χ4v) is 3.75. The van der Waals surface area contributed by atoms with Gasteiger partial charge in [-0.15, -0.1) is 10.2 Å². The lowest BCUT2D eigenvalue weighted by Gasteiger charge is -2.14. The first-order chi connectivity index (χ1) is 13.2. The quantitative estimate of drug-likeness (QED) is 0.477. The highest BCUT2D eigenvalue weighted by molar-refractivity contribution is 7.99. The molecular formula is C19H19N5O2S. The predicted octanol–water partition coefficient (Wildman–Crippen LogP) is 3.34. The van der Waals surface area contributed by atoms with Crippen LogP contribution in [0.5, 0.6) is 0 Å². The molecule has 0 saturated carbocycles. The third-order valence-electron chi connectivity index (χ3n) is 4.39. The Balaban J connectivity index is 1.52. The summed E-state index contributed by atoms with van der Waals surface area (Å²) in [6.07, 6.45) is 1.60. The topological polar surface area (TPSA) is 77.0 Å². The van der Waals surface area contributed by atoms with Gasteiger partial charge in [0.05, 0.1) is 24.1 Å². The minimum absolute atomic E-state index is 0.0175. The maximum Gasteiger partial charge on any atom is 0.233 e. The summed E-state index contributed by atoms with van der Waals surface area (Å²) in [5.41, 5.74) is 2.68. The van der Waals surface area contributed by atoms with Crippen LogP contribution < -0.4 is 0 Å². The molecule has 0 fully saturated rings. The third kappa shape index (κ3) is 3.40. The van der Waals surface area contributed by atoms with Crippen molar-refractivity contribution in [3.05, 3.63) is 48.4 Å². The second-order valence-corrected chi connectivity index (χ2v) is 7.09. The van der Waals surface area contributed by atoms with Crippen molar-refractivity contribution in [3.8, 4) is 0 Å². The lowest BCUT2D eigenvalue weighted by Crippen LogP contribution is -2.27. The summed E-state index contributed by atoms with van der Waals surface area (Å²) in [6.45, 7) is 3.31. The highest BCUT2D eigenvalue weighted by Gasteiger charge is 2.16. The molecule has 0 aliphatic carbocycles. The van der Waals surface area contributed by atoms with Crippen LogP contribution in [0.4, 0.5) is 0 Å². The smallest absolute Gasteiger partial charge is 0.233 e. The van der Waals surface area contributed by atoms with Crippen LogP contribution in [0.2, 0.25) is 0 Å². The number of amides is 1. The molecule has 4 rings (SSSR count). The van der Waals surface area contributed by atoms with E-state index in [9.17, 15) is 4.79 Å². The van der Waals surface area contributed by atoms with Gasteiger partial charge in [-0.05, 0) is 25.1 Å². The molecule has 4 aromatic rings. The van der Waals surface area contributed by atoms with E-state index in [1.807, 2.05) is 30.3 Å². The zero-order chi connectivity index (χ0) is 18.8. The number of para-hydroxylation sites is 1. The number of carbonyl (C=O) groups is 1. The van der Waals surface area contributed by atoms with Crippen molar-refractivity contribution in [2.45, 2.75) is 25.2 Å². The van der Waals surface area contributed by atoms with E-state index in [4.69, 9.17) is 4.42 Å². The van der Waals surface area contributed by atoms with Gasteiger partial charge in [0.2, 0.25) is 11.1 Å². The van der Waals surface area contributed by atoms with Crippen molar-refractivity contribution in [1.29, 1.82) is 0 Å². The van der Waals surface area contributed by atoms with Gasteiger partial charge in [-0.25, -0.2) is 4.98 Å². The number of furan rings is 1. The molecule has 1 amide bonds. The van der Waals surface area contributed by atoms with Crippen molar-refractivity contribution < 1.29 is 9.21 Å². The number of fused-ring (bicyclic) bond motifs is 3. The number of thioether (sulfide) groups is 1. The molecular weight excluding hydrogens is 362 g/mol. The summed E-state index contributed by atoms with van der Waals surface area (Å²) < 4.78 is 7.40. The van der Waals surface area contributed by atoms with E-state index >= 15 is 0 Å². The SMILES string of the molecule is CCn1c2ccccc2c2nnc(SCC(=O)N(C)Cc3ccco3)nc21. The summed E-state index contributed by atoms with van der Waals surface area (Å²) in [6, 6.07) is 11.7. The van der Waals surface area contributed by atoms with E-state index < -0.39 is 0 Å². The summed E-state index contributed by atoms with van der Waals surface area (Å²) >= 11 is 1.29. The number of hydrogen-bond acceptors (Lipinski definition) is 6. The summed E-state index contributed by atoms with van der Waals surface area (Å²) in [7, 11) is 1.75. The first kappa shape index (κ1) is 17.5. The maximum atomic E-state index is 12.4. The van der Waals surface area contributed by atoms with E-state index in [2.05, 4.69) is 32.7 Å². The Morgan fingerprint density at radius 1 is 1.22 bits per heavy atom. The van der Waals surface area contributed by atoms with E-state index in [1.165, 1.54) is 11.8 Å². The fraction of sp³-hybridized carbons (Fsp3) is 0.263. The molecule has 0 aliphatic rings. The molecule has 1 aromatic carbocycles. The third-order valence-corrected chi connectivity index (χ3v) is 5.22. The van der Waals surface area contributed by atoms with Crippen LogP contribution in [-0.2, 0) is 17.9 Å². The number of nitrogens with zero attached hydrogens (tertiary/aromatic N) is 5. The van der Waals surface area contributed by atoms with Gasteiger partial charge in [0.15, 0.2) is 5.65 Å². The van der Waals surface area contributed by atoms with Crippen LogP contribution >= 0.6 is 11.8 Å². The maximum absolute atomic E-state index is 12.4.